The number of hydrogen-bond acceptors (Lipinski definition) is 2. The average molecular weight is 216 g/mol. The summed E-state index contributed by atoms with van der Waals surface area (Å²) in [5.41, 5.74) is 0.671. The van der Waals surface area contributed by atoms with Crippen LogP contribution in [-0.4, -0.2) is 21.2 Å². The summed E-state index contributed by atoms with van der Waals surface area (Å²) in [6.45, 7) is 0. The number of hydrogen-bond donors (Lipinski definition) is 2. The van der Waals surface area contributed by atoms with Gasteiger partial charge in [-0.2, -0.15) is 5.10 Å². The molecule has 5 heteroatoms. The van der Waals surface area contributed by atoms with Crippen molar-refractivity contribution in [2.24, 2.45) is 5.92 Å². The molecule has 0 aliphatic heterocycles. The number of aromatic nitrogens is 2. The molecule has 0 aromatic carbocycles. The van der Waals surface area contributed by atoms with E-state index < -0.39 is 12.0 Å². The third kappa shape index (κ3) is 2.53. The summed E-state index contributed by atoms with van der Waals surface area (Å²) in [7, 11) is 0. The SMILES string of the molecule is OC(CC1CCC(F)(F)C1)c1cn[nH]c1. The Morgan fingerprint density at radius 1 is 1.67 bits per heavy atom. The van der Waals surface area contributed by atoms with Crippen LogP contribution >= 0.6 is 0 Å². The van der Waals surface area contributed by atoms with Gasteiger partial charge in [0.15, 0.2) is 0 Å². The second-order valence-electron chi connectivity index (χ2n) is 4.25. The summed E-state index contributed by atoms with van der Waals surface area (Å²) in [5, 5.41) is 16.0. The third-order valence-electron chi connectivity index (χ3n) is 2.97. The second kappa shape index (κ2) is 3.89. The predicted octanol–water partition coefficient (Wildman–Crippen LogP) is 2.27. The van der Waals surface area contributed by atoms with Crippen LogP contribution in [0.1, 0.15) is 37.4 Å². The molecule has 0 saturated heterocycles. The molecule has 1 heterocycles. The zero-order chi connectivity index (χ0) is 10.9. The van der Waals surface area contributed by atoms with Crippen molar-refractivity contribution in [2.75, 3.05) is 0 Å². The number of rotatable bonds is 3. The lowest BCUT2D eigenvalue weighted by molar-refractivity contribution is 0.00255. The molecule has 1 aromatic rings. The Bertz CT molecular complexity index is 313. The third-order valence-corrected chi connectivity index (χ3v) is 2.97. The van der Waals surface area contributed by atoms with Crippen LogP contribution in [0.4, 0.5) is 8.78 Å². The van der Waals surface area contributed by atoms with Crippen LogP contribution in [0.2, 0.25) is 0 Å². The van der Waals surface area contributed by atoms with E-state index in [1.807, 2.05) is 0 Å². The number of aliphatic hydroxyl groups excluding tert-OH is 1. The van der Waals surface area contributed by atoms with Gasteiger partial charge >= 0.3 is 0 Å². The lowest BCUT2D eigenvalue weighted by Crippen LogP contribution is -2.11. The smallest absolute Gasteiger partial charge is 0.248 e. The van der Waals surface area contributed by atoms with E-state index in [2.05, 4.69) is 10.2 Å². The fourth-order valence-electron chi connectivity index (χ4n) is 2.14. The molecule has 0 amide bonds. The zero-order valence-corrected chi connectivity index (χ0v) is 8.29. The molecule has 15 heavy (non-hydrogen) atoms. The quantitative estimate of drug-likeness (QED) is 0.814. The van der Waals surface area contributed by atoms with Gasteiger partial charge in [0.1, 0.15) is 0 Å². The Labute approximate surface area is 86.5 Å². The van der Waals surface area contributed by atoms with E-state index in [4.69, 9.17) is 0 Å². The monoisotopic (exact) mass is 216 g/mol. The number of aromatic amines is 1. The van der Waals surface area contributed by atoms with Crippen LogP contribution in [-0.2, 0) is 0 Å². The van der Waals surface area contributed by atoms with Crippen LogP contribution in [0.25, 0.3) is 0 Å². The van der Waals surface area contributed by atoms with Crippen molar-refractivity contribution in [2.45, 2.75) is 37.7 Å². The van der Waals surface area contributed by atoms with Crippen molar-refractivity contribution < 1.29 is 13.9 Å². The van der Waals surface area contributed by atoms with Gasteiger partial charge in [-0.1, -0.05) is 0 Å². The van der Waals surface area contributed by atoms with Crippen LogP contribution in [0.3, 0.4) is 0 Å². The maximum Gasteiger partial charge on any atom is 0.248 e. The van der Waals surface area contributed by atoms with E-state index in [1.54, 1.807) is 6.20 Å². The van der Waals surface area contributed by atoms with Crippen LogP contribution in [0.5, 0.6) is 0 Å². The fourth-order valence-corrected chi connectivity index (χ4v) is 2.14. The number of nitrogens with zero attached hydrogens (tertiary/aromatic N) is 1. The Hall–Kier alpha value is -0.970. The van der Waals surface area contributed by atoms with Crippen molar-refractivity contribution in [1.29, 1.82) is 0 Å². The summed E-state index contributed by atoms with van der Waals surface area (Å²) in [5.74, 6) is -2.61. The molecule has 0 radical (unpaired) electrons. The Balaban J connectivity index is 1.88. The fraction of sp³-hybridized carbons (Fsp3) is 0.700. The highest BCUT2D eigenvalue weighted by Crippen LogP contribution is 2.42. The van der Waals surface area contributed by atoms with Gasteiger partial charge in [-0.15, -0.1) is 0 Å². The Morgan fingerprint density at radius 2 is 2.47 bits per heavy atom. The van der Waals surface area contributed by atoms with Crippen molar-refractivity contribution in [1.82, 2.24) is 10.2 Å². The van der Waals surface area contributed by atoms with Gasteiger partial charge in [-0.3, -0.25) is 5.10 Å². The molecule has 1 saturated carbocycles. The van der Waals surface area contributed by atoms with Crippen LogP contribution in [0.15, 0.2) is 12.4 Å². The van der Waals surface area contributed by atoms with Gasteiger partial charge < -0.3 is 5.11 Å². The molecule has 2 atom stereocenters. The van der Waals surface area contributed by atoms with Crippen molar-refractivity contribution in [3.63, 3.8) is 0 Å². The normalized spacial score (nSPS) is 26.7. The first-order valence-corrected chi connectivity index (χ1v) is 5.11. The van der Waals surface area contributed by atoms with E-state index in [1.165, 1.54) is 6.20 Å². The Morgan fingerprint density at radius 3 is 3.00 bits per heavy atom. The van der Waals surface area contributed by atoms with Gasteiger partial charge in [0.05, 0.1) is 12.3 Å². The van der Waals surface area contributed by atoms with Crippen molar-refractivity contribution in [3.05, 3.63) is 18.0 Å². The highest BCUT2D eigenvalue weighted by Gasteiger charge is 2.39. The molecular formula is C10H14F2N2O. The minimum absolute atomic E-state index is 0.0459. The average Bonchev–Trinajstić information content (AvgIpc) is 2.74. The van der Waals surface area contributed by atoms with Crippen LogP contribution in [0, 0.1) is 5.92 Å². The largest absolute Gasteiger partial charge is 0.388 e. The van der Waals surface area contributed by atoms with Gasteiger partial charge in [-0.25, -0.2) is 8.78 Å². The summed E-state index contributed by atoms with van der Waals surface area (Å²) >= 11 is 0. The van der Waals surface area contributed by atoms with Gasteiger partial charge in [0.25, 0.3) is 0 Å². The Kier molecular flexibility index (Phi) is 2.73. The molecule has 2 N–H and O–H groups in total. The number of aliphatic hydroxyl groups is 1. The second-order valence-corrected chi connectivity index (χ2v) is 4.25. The predicted molar refractivity (Wildman–Crippen MR) is 50.5 cm³/mol. The number of halogens is 2. The van der Waals surface area contributed by atoms with Crippen LogP contribution < -0.4 is 0 Å². The van der Waals surface area contributed by atoms with E-state index in [-0.39, 0.29) is 18.8 Å². The van der Waals surface area contributed by atoms with E-state index in [9.17, 15) is 13.9 Å². The zero-order valence-electron chi connectivity index (χ0n) is 8.29. The molecule has 1 aromatic heterocycles. The topological polar surface area (TPSA) is 48.9 Å². The van der Waals surface area contributed by atoms with Gasteiger partial charge in [0.2, 0.25) is 5.92 Å². The van der Waals surface area contributed by atoms with E-state index >= 15 is 0 Å². The molecule has 1 fully saturated rings. The highest BCUT2D eigenvalue weighted by atomic mass is 19.3. The molecule has 1 aliphatic rings. The van der Waals surface area contributed by atoms with E-state index in [0.717, 1.165) is 0 Å². The van der Waals surface area contributed by atoms with Gasteiger partial charge in [0, 0.05) is 24.6 Å². The van der Waals surface area contributed by atoms with E-state index in [0.29, 0.717) is 18.4 Å². The summed E-state index contributed by atoms with van der Waals surface area (Å²) in [4.78, 5) is 0. The molecule has 0 spiro atoms. The summed E-state index contributed by atoms with van der Waals surface area (Å²) in [6.07, 6.45) is 3.20. The molecule has 3 nitrogen and oxygen atoms in total. The maximum absolute atomic E-state index is 12.9. The van der Waals surface area contributed by atoms with Crippen molar-refractivity contribution >= 4 is 0 Å². The first-order valence-electron chi connectivity index (χ1n) is 5.11. The number of nitrogens with one attached hydrogen (secondary N) is 1. The van der Waals surface area contributed by atoms with Crippen molar-refractivity contribution in [3.8, 4) is 0 Å². The molecule has 0 bridgehead atoms. The van der Waals surface area contributed by atoms with Gasteiger partial charge in [-0.05, 0) is 18.8 Å². The lowest BCUT2D eigenvalue weighted by atomic mass is 9.97. The molecular weight excluding hydrogens is 202 g/mol. The first kappa shape index (κ1) is 10.5. The number of H-pyrrole nitrogens is 1. The minimum Gasteiger partial charge on any atom is -0.388 e. The summed E-state index contributed by atoms with van der Waals surface area (Å²) in [6, 6.07) is 0. The standard InChI is InChI=1S/C10H14F2N2O/c11-10(12)2-1-7(4-10)3-9(15)8-5-13-14-6-8/h5-7,9,15H,1-4H2,(H,13,14). The first-order chi connectivity index (χ1) is 7.07. The lowest BCUT2D eigenvalue weighted by Gasteiger charge is -2.14. The number of alkyl halides is 2. The minimum atomic E-state index is -2.53. The maximum atomic E-state index is 12.9. The molecule has 2 rings (SSSR count). The molecule has 2 unspecified atom stereocenters. The summed E-state index contributed by atoms with van der Waals surface area (Å²) < 4.78 is 25.8. The molecule has 1 aliphatic carbocycles. The highest BCUT2D eigenvalue weighted by molar-refractivity contribution is 5.07. The molecule has 84 valence electrons.